The van der Waals surface area contributed by atoms with Crippen LogP contribution in [0.5, 0.6) is 5.75 Å². The lowest BCUT2D eigenvalue weighted by Gasteiger charge is -2.14. The Morgan fingerprint density at radius 2 is 2.14 bits per heavy atom. The summed E-state index contributed by atoms with van der Waals surface area (Å²) in [7, 11) is 1.62. The van der Waals surface area contributed by atoms with E-state index in [2.05, 4.69) is 0 Å². The van der Waals surface area contributed by atoms with Crippen molar-refractivity contribution in [2.24, 2.45) is 0 Å². The molecule has 0 spiro atoms. The third kappa shape index (κ3) is 2.40. The van der Waals surface area contributed by atoms with Crippen molar-refractivity contribution < 1.29 is 9.84 Å². The van der Waals surface area contributed by atoms with Crippen molar-refractivity contribution in [1.82, 2.24) is 0 Å². The lowest BCUT2D eigenvalue weighted by molar-refractivity contribution is 0.194. The predicted octanol–water partition coefficient (Wildman–Crippen LogP) is 2.58. The van der Waals surface area contributed by atoms with E-state index in [1.54, 1.807) is 20.1 Å². The van der Waals surface area contributed by atoms with Gasteiger partial charge in [-0.15, -0.1) is 0 Å². The highest BCUT2D eigenvalue weighted by atomic mass is 35.5. The number of methoxy groups -OCH3 is 1. The van der Waals surface area contributed by atoms with Gasteiger partial charge in [-0.05, 0) is 31.5 Å². The molecule has 0 saturated heterocycles. The Morgan fingerprint density at radius 1 is 1.50 bits per heavy atom. The number of rotatable bonds is 3. The Hall–Kier alpha value is -0.730. The van der Waals surface area contributed by atoms with Crippen molar-refractivity contribution in [3.63, 3.8) is 0 Å². The molecule has 3 heteroatoms. The monoisotopic (exact) mass is 214 g/mol. The maximum atomic E-state index is 9.34. The number of ether oxygens (including phenoxy) is 1. The fourth-order valence-corrected chi connectivity index (χ4v) is 1.62. The molecule has 0 aliphatic rings. The fourth-order valence-electron chi connectivity index (χ4n) is 1.44. The molecule has 1 aromatic carbocycles. The van der Waals surface area contributed by atoms with E-state index in [0.717, 1.165) is 16.9 Å². The molecule has 0 saturated carbocycles. The highest BCUT2D eigenvalue weighted by molar-refractivity contribution is 6.31. The van der Waals surface area contributed by atoms with E-state index < -0.39 is 0 Å². The molecule has 0 radical (unpaired) electrons. The molecule has 0 aliphatic heterocycles. The zero-order chi connectivity index (χ0) is 10.7. The van der Waals surface area contributed by atoms with Crippen LogP contribution < -0.4 is 4.74 Å². The summed E-state index contributed by atoms with van der Waals surface area (Å²) in [6, 6.07) is 3.63. The van der Waals surface area contributed by atoms with Gasteiger partial charge in [-0.2, -0.15) is 0 Å². The first-order valence-electron chi connectivity index (χ1n) is 4.56. The van der Waals surface area contributed by atoms with Crippen LogP contribution in [0.1, 0.15) is 18.1 Å². The van der Waals surface area contributed by atoms with Crippen molar-refractivity contribution in [3.8, 4) is 5.75 Å². The first-order chi connectivity index (χ1) is 6.56. The summed E-state index contributed by atoms with van der Waals surface area (Å²) in [5.41, 5.74) is 1.96. The minimum absolute atomic E-state index is 0.388. The first-order valence-corrected chi connectivity index (χ1v) is 4.94. The second-order valence-corrected chi connectivity index (χ2v) is 3.81. The van der Waals surface area contributed by atoms with Crippen LogP contribution in [0.15, 0.2) is 12.1 Å². The number of aliphatic hydroxyl groups is 1. The minimum Gasteiger partial charge on any atom is -0.496 e. The minimum atomic E-state index is -0.388. The third-order valence-corrected chi connectivity index (χ3v) is 2.62. The van der Waals surface area contributed by atoms with Gasteiger partial charge in [0.05, 0.1) is 13.2 Å². The SMILES string of the molecule is COc1ccc(Cl)c(C)c1CC(C)O. The molecule has 0 aromatic heterocycles. The van der Waals surface area contributed by atoms with E-state index in [0.29, 0.717) is 11.4 Å². The van der Waals surface area contributed by atoms with Gasteiger partial charge in [0.2, 0.25) is 0 Å². The van der Waals surface area contributed by atoms with Crippen molar-refractivity contribution in [1.29, 1.82) is 0 Å². The van der Waals surface area contributed by atoms with Gasteiger partial charge < -0.3 is 9.84 Å². The van der Waals surface area contributed by atoms with Crippen LogP contribution in [0, 0.1) is 6.92 Å². The van der Waals surface area contributed by atoms with Crippen molar-refractivity contribution in [2.45, 2.75) is 26.4 Å². The molecule has 1 N–H and O–H groups in total. The summed E-state index contributed by atoms with van der Waals surface area (Å²) < 4.78 is 5.21. The van der Waals surface area contributed by atoms with E-state index in [-0.39, 0.29) is 6.10 Å². The third-order valence-electron chi connectivity index (χ3n) is 2.21. The van der Waals surface area contributed by atoms with Crippen molar-refractivity contribution >= 4 is 11.6 Å². The van der Waals surface area contributed by atoms with Gasteiger partial charge in [0.15, 0.2) is 0 Å². The van der Waals surface area contributed by atoms with E-state index in [1.165, 1.54) is 0 Å². The van der Waals surface area contributed by atoms with Gasteiger partial charge in [-0.3, -0.25) is 0 Å². The largest absolute Gasteiger partial charge is 0.496 e. The second kappa shape index (κ2) is 4.67. The molecule has 1 unspecified atom stereocenters. The molecule has 78 valence electrons. The average Bonchev–Trinajstić information content (AvgIpc) is 2.13. The maximum absolute atomic E-state index is 9.34. The van der Waals surface area contributed by atoms with Crippen molar-refractivity contribution in [2.75, 3.05) is 7.11 Å². The van der Waals surface area contributed by atoms with Crippen LogP contribution in [0.25, 0.3) is 0 Å². The number of hydrogen-bond acceptors (Lipinski definition) is 2. The van der Waals surface area contributed by atoms with Crippen LogP contribution >= 0.6 is 11.6 Å². The van der Waals surface area contributed by atoms with E-state index >= 15 is 0 Å². The predicted molar refractivity (Wildman–Crippen MR) is 58.1 cm³/mol. The summed E-state index contributed by atoms with van der Waals surface area (Å²) in [5, 5.41) is 10.1. The molecule has 0 bridgehead atoms. The highest BCUT2D eigenvalue weighted by Gasteiger charge is 2.11. The molecular weight excluding hydrogens is 200 g/mol. The van der Waals surface area contributed by atoms with Gasteiger partial charge in [-0.1, -0.05) is 11.6 Å². The summed E-state index contributed by atoms with van der Waals surface area (Å²) in [4.78, 5) is 0. The zero-order valence-corrected chi connectivity index (χ0v) is 9.43. The van der Waals surface area contributed by atoms with Gasteiger partial charge >= 0.3 is 0 Å². The van der Waals surface area contributed by atoms with Gasteiger partial charge in [-0.25, -0.2) is 0 Å². The van der Waals surface area contributed by atoms with E-state index in [1.807, 2.05) is 13.0 Å². The average molecular weight is 215 g/mol. The molecule has 1 atom stereocenters. The Morgan fingerprint density at radius 3 is 2.64 bits per heavy atom. The fraction of sp³-hybridized carbons (Fsp3) is 0.455. The van der Waals surface area contributed by atoms with Gasteiger partial charge in [0.1, 0.15) is 5.75 Å². The quantitative estimate of drug-likeness (QED) is 0.838. The first kappa shape index (κ1) is 11.3. The van der Waals surface area contributed by atoms with Crippen LogP contribution in [-0.2, 0) is 6.42 Å². The molecular formula is C11H15ClO2. The number of hydrogen-bond donors (Lipinski definition) is 1. The number of aliphatic hydroxyl groups excluding tert-OH is 1. The number of halogens is 1. The Labute approximate surface area is 89.5 Å². The second-order valence-electron chi connectivity index (χ2n) is 3.41. The van der Waals surface area contributed by atoms with E-state index in [9.17, 15) is 5.11 Å². The summed E-state index contributed by atoms with van der Waals surface area (Å²) >= 11 is 5.99. The van der Waals surface area contributed by atoms with Crippen molar-refractivity contribution in [3.05, 3.63) is 28.3 Å². The Kier molecular flexibility index (Phi) is 3.78. The normalized spacial score (nSPS) is 12.6. The Balaban J connectivity index is 3.14. The van der Waals surface area contributed by atoms with Crippen LogP contribution in [0.2, 0.25) is 5.02 Å². The topological polar surface area (TPSA) is 29.5 Å². The summed E-state index contributed by atoms with van der Waals surface area (Å²) in [5.74, 6) is 0.785. The standard InChI is InChI=1S/C11H15ClO2/c1-7(13)6-9-8(2)10(12)4-5-11(9)14-3/h4-5,7,13H,6H2,1-3H3. The highest BCUT2D eigenvalue weighted by Crippen LogP contribution is 2.28. The van der Waals surface area contributed by atoms with Crippen LogP contribution in [0.4, 0.5) is 0 Å². The summed E-state index contributed by atoms with van der Waals surface area (Å²) in [6.07, 6.45) is 0.177. The molecule has 0 aliphatic carbocycles. The van der Waals surface area contributed by atoms with Crippen LogP contribution in [-0.4, -0.2) is 18.3 Å². The zero-order valence-electron chi connectivity index (χ0n) is 8.67. The molecule has 0 fully saturated rings. The maximum Gasteiger partial charge on any atom is 0.122 e. The number of benzene rings is 1. The summed E-state index contributed by atoms with van der Waals surface area (Å²) in [6.45, 7) is 3.68. The lowest BCUT2D eigenvalue weighted by atomic mass is 10.0. The Bertz CT molecular complexity index is 321. The molecule has 1 rings (SSSR count). The molecule has 14 heavy (non-hydrogen) atoms. The van der Waals surface area contributed by atoms with Gasteiger partial charge in [0, 0.05) is 17.0 Å². The molecule has 0 heterocycles. The van der Waals surface area contributed by atoms with Crippen LogP contribution in [0.3, 0.4) is 0 Å². The molecule has 1 aromatic rings. The lowest BCUT2D eigenvalue weighted by Crippen LogP contribution is -2.07. The van der Waals surface area contributed by atoms with E-state index in [4.69, 9.17) is 16.3 Å². The molecule has 2 nitrogen and oxygen atoms in total. The van der Waals surface area contributed by atoms with Gasteiger partial charge in [0.25, 0.3) is 0 Å². The molecule has 0 amide bonds. The smallest absolute Gasteiger partial charge is 0.122 e.